The second-order valence-electron chi connectivity index (χ2n) is 4.50. The van der Waals surface area contributed by atoms with Gasteiger partial charge in [-0.1, -0.05) is 23.7 Å². The Morgan fingerprint density at radius 3 is 2.18 bits per heavy atom. The number of nitrogens with two attached hydrogens (primary N) is 2. The minimum absolute atomic E-state index is 0.00696. The molecule has 0 unspecified atom stereocenters. The van der Waals surface area contributed by atoms with E-state index in [0.717, 1.165) is 5.56 Å². The molecule has 0 atom stereocenters. The standard InChI is InChI=1S/C14H15ClN4O2S/c15-11-3-7-13(8-4-11)22(20,21)19-12-5-1-10(2-6-12)9-18-14(16)17/h1-8,19H,9H2,(H4,16,17,18). The van der Waals surface area contributed by atoms with Gasteiger partial charge in [0.2, 0.25) is 0 Å². The lowest BCUT2D eigenvalue weighted by molar-refractivity contribution is 0.601. The summed E-state index contributed by atoms with van der Waals surface area (Å²) in [6.45, 7) is 0.340. The minimum atomic E-state index is -3.64. The molecule has 0 saturated heterocycles. The molecule has 2 aromatic rings. The van der Waals surface area contributed by atoms with Gasteiger partial charge in [0.1, 0.15) is 0 Å². The van der Waals surface area contributed by atoms with Crippen LogP contribution >= 0.6 is 11.6 Å². The number of rotatable bonds is 5. The molecule has 6 nitrogen and oxygen atoms in total. The summed E-state index contributed by atoms with van der Waals surface area (Å²) >= 11 is 5.75. The predicted octanol–water partition coefficient (Wildman–Crippen LogP) is 1.91. The van der Waals surface area contributed by atoms with Crippen molar-refractivity contribution in [3.8, 4) is 0 Å². The first-order valence-electron chi connectivity index (χ1n) is 6.29. The molecule has 0 aliphatic heterocycles. The van der Waals surface area contributed by atoms with Crippen LogP contribution in [0.3, 0.4) is 0 Å². The fourth-order valence-electron chi connectivity index (χ4n) is 1.69. The molecule has 0 fully saturated rings. The molecule has 0 saturated carbocycles. The maximum absolute atomic E-state index is 12.2. The SMILES string of the molecule is NC(N)=NCc1ccc(NS(=O)(=O)c2ccc(Cl)cc2)cc1. The molecule has 0 bridgehead atoms. The Labute approximate surface area is 133 Å². The Balaban J connectivity index is 2.13. The van der Waals surface area contributed by atoms with Crippen LogP contribution in [0.25, 0.3) is 0 Å². The van der Waals surface area contributed by atoms with E-state index in [-0.39, 0.29) is 10.9 Å². The lowest BCUT2D eigenvalue weighted by Gasteiger charge is -2.08. The largest absolute Gasteiger partial charge is 0.370 e. The molecular weight excluding hydrogens is 324 g/mol. The van der Waals surface area contributed by atoms with Gasteiger partial charge in [0.15, 0.2) is 5.96 Å². The lowest BCUT2D eigenvalue weighted by atomic mass is 10.2. The van der Waals surface area contributed by atoms with Crippen LogP contribution in [-0.4, -0.2) is 14.4 Å². The van der Waals surface area contributed by atoms with Gasteiger partial charge in [-0.05, 0) is 42.0 Å². The van der Waals surface area contributed by atoms with E-state index >= 15 is 0 Å². The average Bonchev–Trinajstić information content (AvgIpc) is 2.46. The second kappa shape index (κ2) is 6.67. The maximum atomic E-state index is 12.2. The van der Waals surface area contributed by atoms with Crippen LogP contribution in [0.1, 0.15) is 5.56 Å². The van der Waals surface area contributed by atoms with Gasteiger partial charge < -0.3 is 11.5 Å². The zero-order valence-electron chi connectivity index (χ0n) is 11.5. The Morgan fingerprint density at radius 1 is 1.05 bits per heavy atom. The molecule has 0 amide bonds. The highest BCUT2D eigenvalue weighted by Gasteiger charge is 2.13. The van der Waals surface area contributed by atoms with Crippen molar-refractivity contribution in [2.75, 3.05) is 4.72 Å². The summed E-state index contributed by atoms with van der Waals surface area (Å²) in [6.07, 6.45) is 0. The predicted molar refractivity (Wildman–Crippen MR) is 88.2 cm³/mol. The Bertz CT molecular complexity index is 767. The number of nitrogens with zero attached hydrogens (tertiary/aromatic N) is 1. The molecule has 0 aromatic heterocycles. The van der Waals surface area contributed by atoms with Gasteiger partial charge in [0.25, 0.3) is 10.0 Å². The zero-order chi connectivity index (χ0) is 16.2. The minimum Gasteiger partial charge on any atom is -0.370 e. The van der Waals surface area contributed by atoms with E-state index in [2.05, 4.69) is 9.71 Å². The third-order valence-corrected chi connectivity index (χ3v) is 4.42. The fraction of sp³-hybridized carbons (Fsp3) is 0.0714. The zero-order valence-corrected chi connectivity index (χ0v) is 13.1. The molecule has 2 rings (SSSR count). The van der Waals surface area contributed by atoms with Gasteiger partial charge in [-0.15, -0.1) is 0 Å². The summed E-state index contributed by atoms with van der Waals surface area (Å²) in [5.41, 5.74) is 11.8. The van der Waals surface area contributed by atoms with Crippen molar-refractivity contribution in [2.24, 2.45) is 16.5 Å². The average molecular weight is 339 g/mol. The van der Waals surface area contributed by atoms with E-state index in [9.17, 15) is 8.42 Å². The maximum Gasteiger partial charge on any atom is 0.261 e. The highest BCUT2D eigenvalue weighted by atomic mass is 35.5. The van der Waals surface area contributed by atoms with Crippen LogP contribution in [-0.2, 0) is 16.6 Å². The summed E-state index contributed by atoms with van der Waals surface area (Å²) in [4.78, 5) is 4.02. The fourth-order valence-corrected chi connectivity index (χ4v) is 2.87. The Kier molecular flexibility index (Phi) is 4.89. The number of hydrogen-bond donors (Lipinski definition) is 3. The van der Waals surface area contributed by atoms with Crippen LogP contribution in [0.4, 0.5) is 5.69 Å². The van der Waals surface area contributed by atoms with E-state index in [1.807, 2.05) is 0 Å². The molecule has 2 aromatic carbocycles. The number of benzene rings is 2. The van der Waals surface area contributed by atoms with Crippen molar-refractivity contribution in [3.05, 3.63) is 59.1 Å². The molecule has 0 aliphatic carbocycles. The summed E-state index contributed by atoms with van der Waals surface area (Å²) < 4.78 is 26.9. The molecule has 0 spiro atoms. The number of anilines is 1. The molecule has 0 aliphatic rings. The second-order valence-corrected chi connectivity index (χ2v) is 6.62. The number of aliphatic imine (C=N–C) groups is 1. The molecule has 116 valence electrons. The third kappa shape index (κ3) is 4.37. The van der Waals surface area contributed by atoms with Gasteiger partial charge >= 0.3 is 0 Å². The number of nitrogens with one attached hydrogen (secondary N) is 1. The molecule has 0 heterocycles. The highest BCUT2D eigenvalue weighted by molar-refractivity contribution is 7.92. The third-order valence-electron chi connectivity index (χ3n) is 2.77. The summed E-state index contributed by atoms with van der Waals surface area (Å²) in [6, 6.07) is 12.7. The van der Waals surface area contributed by atoms with Crippen LogP contribution in [0, 0.1) is 0 Å². The van der Waals surface area contributed by atoms with Crippen molar-refractivity contribution in [1.29, 1.82) is 0 Å². The van der Waals surface area contributed by atoms with Gasteiger partial charge in [0.05, 0.1) is 11.4 Å². The van der Waals surface area contributed by atoms with Crippen LogP contribution < -0.4 is 16.2 Å². The van der Waals surface area contributed by atoms with Crippen LogP contribution in [0.5, 0.6) is 0 Å². The normalized spacial score (nSPS) is 11.0. The first kappa shape index (κ1) is 16.1. The number of hydrogen-bond acceptors (Lipinski definition) is 3. The Hall–Kier alpha value is -2.25. The Morgan fingerprint density at radius 2 is 1.64 bits per heavy atom. The van der Waals surface area contributed by atoms with Gasteiger partial charge in [-0.25, -0.2) is 13.4 Å². The van der Waals surface area contributed by atoms with Crippen molar-refractivity contribution in [2.45, 2.75) is 11.4 Å². The van der Waals surface area contributed by atoms with Crippen LogP contribution in [0.2, 0.25) is 5.02 Å². The van der Waals surface area contributed by atoms with Gasteiger partial charge in [-0.3, -0.25) is 4.72 Å². The smallest absolute Gasteiger partial charge is 0.261 e. The van der Waals surface area contributed by atoms with Crippen molar-refractivity contribution < 1.29 is 8.42 Å². The number of halogens is 1. The highest BCUT2D eigenvalue weighted by Crippen LogP contribution is 2.18. The first-order chi connectivity index (χ1) is 10.4. The summed E-state index contributed by atoms with van der Waals surface area (Å²) in [5, 5.41) is 0.475. The van der Waals surface area contributed by atoms with E-state index in [1.54, 1.807) is 24.3 Å². The summed E-state index contributed by atoms with van der Waals surface area (Å²) in [5.74, 6) is 0.00696. The number of guanidine groups is 1. The molecule has 5 N–H and O–H groups in total. The topological polar surface area (TPSA) is 111 Å². The molecule has 8 heteroatoms. The molecule has 22 heavy (non-hydrogen) atoms. The quantitative estimate of drug-likeness (QED) is 0.571. The first-order valence-corrected chi connectivity index (χ1v) is 8.16. The lowest BCUT2D eigenvalue weighted by Crippen LogP contribution is -2.22. The van der Waals surface area contributed by atoms with E-state index in [4.69, 9.17) is 23.1 Å². The monoisotopic (exact) mass is 338 g/mol. The van der Waals surface area contributed by atoms with Gasteiger partial charge in [-0.2, -0.15) is 0 Å². The van der Waals surface area contributed by atoms with E-state index in [0.29, 0.717) is 17.3 Å². The summed E-state index contributed by atoms with van der Waals surface area (Å²) in [7, 11) is -3.64. The van der Waals surface area contributed by atoms with Crippen molar-refractivity contribution in [3.63, 3.8) is 0 Å². The van der Waals surface area contributed by atoms with Crippen molar-refractivity contribution in [1.82, 2.24) is 0 Å². The molecular formula is C14H15ClN4O2S. The van der Waals surface area contributed by atoms with E-state index in [1.165, 1.54) is 24.3 Å². The van der Waals surface area contributed by atoms with Crippen LogP contribution in [0.15, 0.2) is 58.4 Å². The van der Waals surface area contributed by atoms with Gasteiger partial charge in [0, 0.05) is 10.7 Å². The molecule has 0 radical (unpaired) electrons. The van der Waals surface area contributed by atoms with Crippen molar-refractivity contribution >= 4 is 33.3 Å². The van der Waals surface area contributed by atoms with E-state index < -0.39 is 10.0 Å². The number of sulfonamides is 1.